The Labute approximate surface area is 181 Å². The quantitative estimate of drug-likeness (QED) is 0.328. The minimum atomic E-state index is -4.31. The standard InChI is InChI=1S/C20H25F3N4.HI/c1-15(16-6-5-7-17(14-16)20(21,22)23)9-12-26-19(24-2)27-13-10-18-8-3-4-11-25-18;/h3-8,11,14-15H,9-10,12-13H2,1-2H3,(H2,24,26,27);1H. The number of alkyl halides is 3. The van der Waals surface area contributed by atoms with Crippen LogP contribution in [-0.4, -0.2) is 31.1 Å². The molecule has 2 N–H and O–H groups in total. The molecule has 0 radical (unpaired) electrons. The molecule has 0 bridgehead atoms. The first kappa shape index (κ1) is 24.2. The van der Waals surface area contributed by atoms with Gasteiger partial charge in [0.05, 0.1) is 5.56 Å². The summed E-state index contributed by atoms with van der Waals surface area (Å²) in [5.74, 6) is 0.675. The first-order valence-corrected chi connectivity index (χ1v) is 8.91. The molecule has 2 aromatic rings. The van der Waals surface area contributed by atoms with E-state index in [1.807, 2.05) is 25.1 Å². The molecule has 1 atom stereocenters. The molecule has 0 aliphatic heterocycles. The number of hydrogen-bond acceptors (Lipinski definition) is 2. The van der Waals surface area contributed by atoms with Gasteiger partial charge in [-0.1, -0.05) is 31.2 Å². The van der Waals surface area contributed by atoms with Crippen molar-refractivity contribution in [3.8, 4) is 0 Å². The lowest BCUT2D eigenvalue weighted by Crippen LogP contribution is -2.39. The van der Waals surface area contributed by atoms with Crippen LogP contribution < -0.4 is 10.6 Å². The fraction of sp³-hybridized carbons (Fsp3) is 0.400. The zero-order valence-corrected chi connectivity index (χ0v) is 18.3. The largest absolute Gasteiger partial charge is 0.416 e. The number of benzene rings is 1. The summed E-state index contributed by atoms with van der Waals surface area (Å²) in [5.41, 5.74) is 1.08. The number of pyridine rings is 1. The Kier molecular flexibility index (Phi) is 10.3. The highest BCUT2D eigenvalue weighted by Crippen LogP contribution is 2.31. The third-order valence-electron chi connectivity index (χ3n) is 4.28. The van der Waals surface area contributed by atoms with Gasteiger partial charge >= 0.3 is 6.18 Å². The number of guanidine groups is 1. The minimum absolute atomic E-state index is 0. The maximum atomic E-state index is 12.8. The van der Waals surface area contributed by atoms with E-state index in [0.29, 0.717) is 31.0 Å². The van der Waals surface area contributed by atoms with Crippen LogP contribution in [0.2, 0.25) is 0 Å². The topological polar surface area (TPSA) is 49.3 Å². The van der Waals surface area contributed by atoms with E-state index in [9.17, 15) is 13.2 Å². The molecule has 0 saturated carbocycles. The van der Waals surface area contributed by atoms with Crippen LogP contribution in [0.1, 0.15) is 36.1 Å². The summed E-state index contributed by atoms with van der Waals surface area (Å²) in [7, 11) is 1.69. The van der Waals surface area contributed by atoms with E-state index in [1.54, 1.807) is 19.3 Å². The van der Waals surface area contributed by atoms with Gasteiger partial charge in [-0.3, -0.25) is 9.98 Å². The van der Waals surface area contributed by atoms with Gasteiger partial charge in [0.2, 0.25) is 0 Å². The van der Waals surface area contributed by atoms with Crippen molar-refractivity contribution < 1.29 is 13.2 Å². The van der Waals surface area contributed by atoms with Gasteiger partial charge in [-0.25, -0.2) is 0 Å². The summed E-state index contributed by atoms with van der Waals surface area (Å²) >= 11 is 0. The SMILES string of the molecule is CN=C(NCCc1ccccn1)NCCC(C)c1cccc(C(F)(F)F)c1.I. The predicted molar refractivity (Wildman–Crippen MR) is 117 cm³/mol. The van der Waals surface area contributed by atoms with E-state index in [2.05, 4.69) is 20.6 Å². The van der Waals surface area contributed by atoms with Gasteiger partial charge in [0.1, 0.15) is 0 Å². The molecule has 1 unspecified atom stereocenters. The molecule has 1 aromatic heterocycles. The van der Waals surface area contributed by atoms with Gasteiger partial charge in [-0.15, -0.1) is 24.0 Å². The van der Waals surface area contributed by atoms with Gasteiger partial charge < -0.3 is 10.6 Å². The normalized spacial score (nSPS) is 12.8. The van der Waals surface area contributed by atoms with Gasteiger partial charge in [0.25, 0.3) is 0 Å². The number of nitrogens with one attached hydrogen (secondary N) is 2. The van der Waals surface area contributed by atoms with Crippen LogP contribution in [0.5, 0.6) is 0 Å². The first-order valence-electron chi connectivity index (χ1n) is 8.91. The smallest absolute Gasteiger partial charge is 0.356 e. The molecule has 1 heterocycles. The summed E-state index contributed by atoms with van der Waals surface area (Å²) in [5, 5.41) is 6.41. The van der Waals surface area contributed by atoms with Crippen molar-refractivity contribution in [1.82, 2.24) is 15.6 Å². The van der Waals surface area contributed by atoms with Gasteiger partial charge in [0, 0.05) is 38.4 Å². The molecule has 1 aromatic carbocycles. The number of hydrogen-bond donors (Lipinski definition) is 2. The van der Waals surface area contributed by atoms with Crippen LogP contribution >= 0.6 is 24.0 Å². The first-order chi connectivity index (χ1) is 12.9. The van der Waals surface area contributed by atoms with Crippen molar-refractivity contribution in [2.45, 2.75) is 31.9 Å². The Balaban J connectivity index is 0.00000392. The van der Waals surface area contributed by atoms with Crippen molar-refractivity contribution >= 4 is 29.9 Å². The van der Waals surface area contributed by atoms with Crippen molar-refractivity contribution in [2.75, 3.05) is 20.1 Å². The number of aliphatic imine (C=N–C) groups is 1. The van der Waals surface area contributed by atoms with Crippen molar-refractivity contribution in [2.24, 2.45) is 4.99 Å². The van der Waals surface area contributed by atoms with Crippen LogP contribution in [0.25, 0.3) is 0 Å². The third-order valence-corrected chi connectivity index (χ3v) is 4.28. The Morgan fingerprint density at radius 2 is 1.86 bits per heavy atom. The van der Waals surface area contributed by atoms with Gasteiger partial charge in [-0.05, 0) is 36.1 Å². The molecule has 8 heteroatoms. The van der Waals surface area contributed by atoms with Crippen molar-refractivity contribution in [1.29, 1.82) is 0 Å². The Morgan fingerprint density at radius 1 is 1.11 bits per heavy atom. The highest BCUT2D eigenvalue weighted by molar-refractivity contribution is 14.0. The molecule has 0 aliphatic carbocycles. The van der Waals surface area contributed by atoms with Crippen molar-refractivity contribution in [3.05, 3.63) is 65.5 Å². The highest BCUT2D eigenvalue weighted by Gasteiger charge is 2.30. The molecule has 2 rings (SSSR count). The molecular formula is C20H26F3IN4. The molecule has 0 saturated heterocycles. The maximum absolute atomic E-state index is 12.8. The van der Waals surface area contributed by atoms with E-state index in [1.165, 1.54) is 12.1 Å². The van der Waals surface area contributed by atoms with Gasteiger partial charge in [-0.2, -0.15) is 13.2 Å². The lowest BCUT2D eigenvalue weighted by atomic mass is 9.96. The monoisotopic (exact) mass is 506 g/mol. The highest BCUT2D eigenvalue weighted by atomic mass is 127. The summed E-state index contributed by atoms with van der Waals surface area (Å²) in [6.45, 7) is 3.23. The lowest BCUT2D eigenvalue weighted by molar-refractivity contribution is -0.137. The summed E-state index contributed by atoms with van der Waals surface area (Å²) in [4.78, 5) is 8.42. The summed E-state index contributed by atoms with van der Waals surface area (Å²) in [6, 6.07) is 11.3. The van der Waals surface area contributed by atoms with Crippen LogP contribution in [0.3, 0.4) is 0 Å². The fourth-order valence-electron chi connectivity index (χ4n) is 2.67. The second-order valence-corrected chi connectivity index (χ2v) is 6.31. The second-order valence-electron chi connectivity index (χ2n) is 6.31. The molecular weight excluding hydrogens is 480 g/mol. The molecule has 0 amide bonds. The summed E-state index contributed by atoms with van der Waals surface area (Å²) in [6.07, 6.45) is -1.07. The summed E-state index contributed by atoms with van der Waals surface area (Å²) < 4.78 is 38.5. The van der Waals surface area contributed by atoms with Gasteiger partial charge in [0.15, 0.2) is 5.96 Å². The van der Waals surface area contributed by atoms with Crippen molar-refractivity contribution in [3.63, 3.8) is 0 Å². The average Bonchev–Trinajstić information content (AvgIpc) is 2.67. The minimum Gasteiger partial charge on any atom is -0.356 e. The van der Waals surface area contributed by atoms with Crippen LogP contribution in [0, 0.1) is 0 Å². The Morgan fingerprint density at radius 3 is 2.50 bits per heavy atom. The zero-order chi connectivity index (χ0) is 19.7. The fourth-order valence-corrected chi connectivity index (χ4v) is 2.67. The number of nitrogens with zero attached hydrogens (tertiary/aromatic N) is 2. The Bertz CT molecular complexity index is 736. The number of rotatable bonds is 7. The lowest BCUT2D eigenvalue weighted by Gasteiger charge is -2.16. The van der Waals surface area contributed by atoms with Crippen LogP contribution in [0.15, 0.2) is 53.7 Å². The molecule has 0 fully saturated rings. The number of halogens is 4. The molecule has 0 spiro atoms. The van der Waals surface area contributed by atoms with E-state index >= 15 is 0 Å². The van der Waals surface area contributed by atoms with E-state index in [-0.39, 0.29) is 29.9 Å². The Hall–Kier alpha value is -1.84. The third kappa shape index (κ3) is 8.04. The molecule has 28 heavy (non-hydrogen) atoms. The zero-order valence-electron chi connectivity index (χ0n) is 16.0. The van der Waals surface area contributed by atoms with E-state index in [0.717, 1.165) is 18.2 Å². The van der Waals surface area contributed by atoms with E-state index in [4.69, 9.17) is 0 Å². The predicted octanol–water partition coefficient (Wildman–Crippen LogP) is 4.62. The molecule has 154 valence electrons. The molecule has 4 nitrogen and oxygen atoms in total. The van der Waals surface area contributed by atoms with E-state index < -0.39 is 11.7 Å². The maximum Gasteiger partial charge on any atom is 0.416 e. The van der Waals surface area contributed by atoms with Crippen LogP contribution in [0.4, 0.5) is 13.2 Å². The number of aromatic nitrogens is 1. The second kappa shape index (κ2) is 11.9. The average molecular weight is 506 g/mol. The molecule has 0 aliphatic rings. The van der Waals surface area contributed by atoms with Crippen LogP contribution in [-0.2, 0) is 12.6 Å².